The number of hydrogen-bond acceptors (Lipinski definition) is 4. The second-order valence-electron chi connectivity index (χ2n) is 8.14. The van der Waals surface area contributed by atoms with Crippen LogP contribution in [0.3, 0.4) is 0 Å². The van der Waals surface area contributed by atoms with Crippen LogP contribution in [0.25, 0.3) is 0 Å². The van der Waals surface area contributed by atoms with Gasteiger partial charge < -0.3 is 9.80 Å². The lowest BCUT2D eigenvalue weighted by atomic mass is 9.94. The van der Waals surface area contributed by atoms with Crippen LogP contribution in [0.4, 0.5) is 5.82 Å². The molecule has 0 radical (unpaired) electrons. The van der Waals surface area contributed by atoms with Crippen LogP contribution < -0.4 is 4.90 Å². The van der Waals surface area contributed by atoms with E-state index in [-0.39, 0.29) is 5.91 Å². The van der Waals surface area contributed by atoms with Crippen molar-refractivity contribution >= 4 is 11.7 Å². The second-order valence-corrected chi connectivity index (χ2v) is 8.14. The second kappa shape index (κ2) is 8.31. The maximum absolute atomic E-state index is 12.3. The Morgan fingerprint density at radius 2 is 1.93 bits per heavy atom. The van der Waals surface area contributed by atoms with Crippen molar-refractivity contribution in [3.05, 3.63) is 59.8 Å². The van der Waals surface area contributed by atoms with Crippen molar-refractivity contribution in [1.29, 1.82) is 0 Å². The van der Waals surface area contributed by atoms with Gasteiger partial charge in [0.15, 0.2) is 0 Å². The maximum Gasteiger partial charge on any atom is 0.255 e. The molecule has 3 saturated heterocycles. The smallest absolute Gasteiger partial charge is 0.255 e. The molecule has 0 spiro atoms. The summed E-state index contributed by atoms with van der Waals surface area (Å²) in [6.45, 7) is 6.94. The average Bonchev–Trinajstić information content (AvgIpc) is 3.05. The maximum atomic E-state index is 12.3. The molecule has 3 fully saturated rings. The molecule has 0 N–H and O–H groups in total. The van der Waals surface area contributed by atoms with Crippen LogP contribution in [0, 0.1) is 5.92 Å². The van der Waals surface area contributed by atoms with Gasteiger partial charge in [-0.05, 0) is 43.4 Å². The zero-order valence-corrected chi connectivity index (χ0v) is 16.9. The molecule has 0 aliphatic carbocycles. The zero-order chi connectivity index (χ0) is 19.5. The first kappa shape index (κ1) is 18.9. The number of amides is 1. The summed E-state index contributed by atoms with van der Waals surface area (Å²) in [6, 6.07) is 15.3. The Morgan fingerprint density at radius 1 is 1.11 bits per heavy atom. The fourth-order valence-corrected chi connectivity index (χ4v) is 4.44. The number of carbonyl (C=O) groups excluding carboxylic acids is 1. The first-order chi connectivity index (χ1) is 13.6. The lowest BCUT2D eigenvalue weighted by molar-refractivity contribution is 0.0802. The molecule has 1 amide bonds. The number of nitrogens with zero attached hydrogens (tertiary/aromatic N) is 4. The van der Waals surface area contributed by atoms with Crippen LogP contribution in [0.2, 0.25) is 0 Å². The monoisotopic (exact) mass is 378 g/mol. The Kier molecular flexibility index (Phi) is 5.62. The van der Waals surface area contributed by atoms with E-state index in [9.17, 15) is 4.79 Å². The SMILES string of the molecule is CCN(C)C(=O)c1ccc(N2C[C@H]3CC[C@@H](C2)N(Cc2ccccc2)C3)nc1. The average molecular weight is 379 g/mol. The minimum atomic E-state index is 0.0338. The van der Waals surface area contributed by atoms with Gasteiger partial charge in [0.1, 0.15) is 5.82 Å². The third-order valence-electron chi connectivity index (χ3n) is 6.20. The summed E-state index contributed by atoms with van der Waals surface area (Å²) in [5.74, 6) is 1.71. The van der Waals surface area contributed by atoms with E-state index in [1.165, 1.54) is 18.4 Å². The summed E-state index contributed by atoms with van der Waals surface area (Å²) >= 11 is 0. The highest BCUT2D eigenvalue weighted by Gasteiger charge is 2.35. The number of piperidine rings is 1. The van der Waals surface area contributed by atoms with Crippen molar-refractivity contribution in [2.24, 2.45) is 5.92 Å². The first-order valence-corrected chi connectivity index (χ1v) is 10.4. The first-order valence-electron chi connectivity index (χ1n) is 10.4. The molecule has 1 aromatic heterocycles. The summed E-state index contributed by atoms with van der Waals surface area (Å²) in [7, 11) is 1.82. The Bertz CT molecular complexity index is 792. The van der Waals surface area contributed by atoms with Gasteiger partial charge >= 0.3 is 0 Å². The highest BCUT2D eigenvalue weighted by molar-refractivity contribution is 5.93. The van der Waals surface area contributed by atoms with Gasteiger partial charge in [0.25, 0.3) is 5.91 Å². The number of carbonyl (C=O) groups is 1. The molecule has 28 heavy (non-hydrogen) atoms. The van der Waals surface area contributed by atoms with Crippen molar-refractivity contribution in [3.63, 3.8) is 0 Å². The minimum absolute atomic E-state index is 0.0338. The van der Waals surface area contributed by atoms with Gasteiger partial charge in [-0.3, -0.25) is 9.69 Å². The topological polar surface area (TPSA) is 39.7 Å². The van der Waals surface area contributed by atoms with Gasteiger partial charge in [-0.1, -0.05) is 30.3 Å². The third-order valence-corrected chi connectivity index (χ3v) is 6.20. The molecule has 5 heteroatoms. The van der Waals surface area contributed by atoms with Crippen LogP contribution in [0.1, 0.15) is 35.7 Å². The highest BCUT2D eigenvalue weighted by atomic mass is 16.2. The fraction of sp³-hybridized carbons (Fsp3) is 0.478. The summed E-state index contributed by atoms with van der Waals surface area (Å²) in [5, 5.41) is 0. The Morgan fingerprint density at radius 3 is 2.64 bits per heavy atom. The summed E-state index contributed by atoms with van der Waals surface area (Å²) < 4.78 is 0. The molecular weight excluding hydrogens is 348 g/mol. The molecule has 0 saturated carbocycles. The molecule has 2 bridgehead atoms. The van der Waals surface area contributed by atoms with E-state index in [1.54, 1.807) is 11.1 Å². The van der Waals surface area contributed by atoms with E-state index >= 15 is 0 Å². The van der Waals surface area contributed by atoms with E-state index < -0.39 is 0 Å². The Hall–Kier alpha value is -2.40. The van der Waals surface area contributed by atoms with Crippen LogP contribution in [0.15, 0.2) is 48.7 Å². The van der Waals surface area contributed by atoms with Gasteiger partial charge in [-0.15, -0.1) is 0 Å². The van der Waals surface area contributed by atoms with Crippen molar-refractivity contribution in [2.75, 3.05) is 38.1 Å². The number of fused-ring (bicyclic) bond motifs is 4. The van der Waals surface area contributed by atoms with Gasteiger partial charge in [0, 0.05) is 52.0 Å². The van der Waals surface area contributed by atoms with Crippen LogP contribution in [-0.4, -0.2) is 60.0 Å². The predicted molar refractivity (Wildman–Crippen MR) is 112 cm³/mol. The van der Waals surface area contributed by atoms with Crippen LogP contribution in [-0.2, 0) is 6.54 Å². The van der Waals surface area contributed by atoms with Gasteiger partial charge in [-0.25, -0.2) is 4.98 Å². The zero-order valence-electron chi connectivity index (χ0n) is 16.9. The number of aromatic nitrogens is 1. The summed E-state index contributed by atoms with van der Waals surface area (Å²) in [6.07, 6.45) is 4.29. The lowest BCUT2D eigenvalue weighted by Crippen LogP contribution is -2.43. The van der Waals surface area contributed by atoms with Crippen molar-refractivity contribution < 1.29 is 4.79 Å². The lowest BCUT2D eigenvalue weighted by Gasteiger charge is -2.36. The van der Waals surface area contributed by atoms with Crippen molar-refractivity contribution in [1.82, 2.24) is 14.8 Å². The van der Waals surface area contributed by atoms with Crippen LogP contribution in [0.5, 0.6) is 0 Å². The van der Waals surface area contributed by atoms with E-state index in [1.807, 2.05) is 26.1 Å². The predicted octanol–water partition coefficient (Wildman–Crippen LogP) is 3.27. The fourth-order valence-electron chi connectivity index (χ4n) is 4.44. The van der Waals surface area contributed by atoms with E-state index in [4.69, 9.17) is 0 Å². The minimum Gasteiger partial charge on any atom is -0.355 e. The van der Waals surface area contributed by atoms with E-state index in [0.29, 0.717) is 24.1 Å². The van der Waals surface area contributed by atoms with Crippen molar-refractivity contribution in [2.45, 2.75) is 32.4 Å². The summed E-state index contributed by atoms with van der Waals surface area (Å²) in [5.41, 5.74) is 2.05. The normalized spacial score (nSPS) is 22.1. The molecule has 5 nitrogen and oxygen atoms in total. The number of rotatable bonds is 5. The number of pyridine rings is 1. The number of benzene rings is 1. The largest absolute Gasteiger partial charge is 0.355 e. The summed E-state index contributed by atoms with van der Waals surface area (Å²) in [4.78, 5) is 23.7. The Labute approximate surface area is 168 Å². The molecule has 3 aliphatic rings. The molecule has 2 atom stereocenters. The Balaban J connectivity index is 1.46. The molecule has 148 valence electrons. The molecule has 5 rings (SSSR count). The molecular formula is C23H30N4O. The quantitative estimate of drug-likeness (QED) is 0.801. The van der Waals surface area contributed by atoms with Crippen molar-refractivity contribution in [3.8, 4) is 0 Å². The van der Waals surface area contributed by atoms with Gasteiger partial charge in [0.2, 0.25) is 0 Å². The number of anilines is 1. The van der Waals surface area contributed by atoms with E-state index in [0.717, 1.165) is 32.0 Å². The highest BCUT2D eigenvalue weighted by Crippen LogP contribution is 2.31. The molecule has 0 unspecified atom stereocenters. The molecule has 1 aromatic carbocycles. The third kappa shape index (κ3) is 4.04. The van der Waals surface area contributed by atoms with Crippen LogP contribution >= 0.6 is 0 Å². The standard InChI is InChI=1S/C23H30N4O/c1-3-25(2)23(28)20-10-12-22(24-13-20)27-16-19-9-11-21(17-27)26(15-19)14-18-7-5-4-6-8-18/h4-8,10,12-13,19,21H,3,9,11,14-17H2,1-2H3/t19-,21-/m0/s1. The van der Waals surface area contributed by atoms with Gasteiger partial charge in [0.05, 0.1) is 5.56 Å². The van der Waals surface area contributed by atoms with Gasteiger partial charge in [-0.2, -0.15) is 0 Å². The molecule has 4 heterocycles. The molecule has 2 aromatic rings. The molecule has 3 aliphatic heterocycles. The van der Waals surface area contributed by atoms with E-state index in [2.05, 4.69) is 45.1 Å². The number of hydrogen-bond donors (Lipinski definition) is 0.